The van der Waals surface area contributed by atoms with Crippen LogP contribution in [0, 0.1) is 0 Å². The van der Waals surface area contributed by atoms with Gasteiger partial charge >= 0.3 is 0 Å². The minimum Gasteiger partial charge on any atom is -0.401 e. The molecule has 3 heteroatoms. The fourth-order valence-corrected chi connectivity index (χ4v) is 1.07. The number of nitrogens with two attached hydrogens (primary N) is 1. The number of rotatable bonds is 7. The molecule has 0 saturated heterocycles. The highest BCUT2D eigenvalue weighted by Crippen LogP contribution is 2.05. The van der Waals surface area contributed by atoms with Crippen molar-refractivity contribution in [2.24, 2.45) is 10.8 Å². The van der Waals surface area contributed by atoms with Gasteiger partial charge in [-0.1, -0.05) is 19.8 Å². The van der Waals surface area contributed by atoms with E-state index in [1.54, 1.807) is 5.01 Å². The number of allylic oxidation sites excluding steroid dienone is 1. The first-order valence-electron chi connectivity index (χ1n) is 4.94. The summed E-state index contributed by atoms with van der Waals surface area (Å²) >= 11 is 0. The third kappa shape index (κ3) is 6.20. The number of hydrogen-bond acceptors (Lipinski definition) is 3. The van der Waals surface area contributed by atoms with Gasteiger partial charge in [0.15, 0.2) is 0 Å². The van der Waals surface area contributed by atoms with Crippen molar-refractivity contribution in [3.63, 3.8) is 0 Å². The maximum atomic E-state index is 5.80. The predicted molar refractivity (Wildman–Crippen MR) is 58.3 cm³/mol. The Labute approximate surface area is 81.3 Å². The lowest BCUT2D eigenvalue weighted by Crippen LogP contribution is -2.11. The van der Waals surface area contributed by atoms with Crippen molar-refractivity contribution >= 4 is 6.72 Å². The van der Waals surface area contributed by atoms with Crippen LogP contribution in [0.2, 0.25) is 0 Å². The lowest BCUT2D eigenvalue weighted by atomic mass is 10.2. The maximum Gasteiger partial charge on any atom is 0.0419 e. The number of unbranched alkanes of at least 4 members (excludes halogenated alkanes) is 2. The van der Waals surface area contributed by atoms with Crippen molar-refractivity contribution in [1.82, 2.24) is 5.01 Å². The maximum absolute atomic E-state index is 5.80. The van der Waals surface area contributed by atoms with Crippen LogP contribution >= 0.6 is 0 Å². The van der Waals surface area contributed by atoms with Crippen LogP contribution in [0.5, 0.6) is 0 Å². The van der Waals surface area contributed by atoms with Gasteiger partial charge in [0.1, 0.15) is 0 Å². The van der Waals surface area contributed by atoms with Crippen molar-refractivity contribution in [3.05, 3.63) is 11.9 Å². The summed E-state index contributed by atoms with van der Waals surface area (Å²) in [7, 11) is 0. The van der Waals surface area contributed by atoms with Crippen molar-refractivity contribution in [2.75, 3.05) is 6.54 Å². The molecule has 0 fully saturated rings. The van der Waals surface area contributed by atoms with E-state index in [-0.39, 0.29) is 0 Å². The van der Waals surface area contributed by atoms with Gasteiger partial charge in [0.2, 0.25) is 0 Å². The molecule has 0 bridgehead atoms. The van der Waals surface area contributed by atoms with E-state index in [4.69, 9.17) is 5.73 Å². The summed E-state index contributed by atoms with van der Waals surface area (Å²) in [5.41, 5.74) is 6.69. The highest BCUT2D eigenvalue weighted by atomic mass is 15.4. The normalized spacial score (nSPS) is 11.4. The Morgan fingerprint density at radius 3 is 2.62 bits per heavy atom. The molecule has 13 heavy (non-hydrogen) atoms. The molecule has 0 aromatic carbocycles. The third-order valence-electron chi connectivity index (χ3n) is 1.89. The second kappa shape index (κ2) is 7.65. The van der Waals surface area contributed by atoms with E-state index in [2.05, 4.69) is 18.7 Å². The molecule has 0 rings (SSSR count). The lowest BCUT2D eigenvalue weighted by Gasteiger charge is -2.11. The van der Waals surface area contributed by atoms with Crippen LogP contribution in [0.3, 0.4) is 0 Å². The van der Waals surface area contributed by atoms with Crippen molar-refractivity contribution in [2.45, 2.75) is 39.5 Å². The van der Waals surface area contributed by atoms with Crippen LogP contribution in [0.1, 0.15) is 39.5 Å². The van der Waals surface area contributed by atoms with Gasteiger partial charge in [0.25, 0.3) is 0 Å². The molecule has 76 valence electrons. The molecule has 0 aromatic rings. The van der Waals surface area contributed by atoms with Crippen molar-refractivity contribution < 1.29 is 0 Å². The lowest BCUT2D eigenvalue weighted by molar-refractivity contribution is 0.420. The van der Waals surface area contributed by atoms with E-state index in [9.17, 15) is 0 Å². The molecule has 0 aliphatic heterocycles. The van der Waals surface area contributed by atoms with E-state index in [0.717, 1.165) is 25.1 Å². The highest BCUT2D eigenvalue weighted by Gasteiger charge is 1.94. The minimum absolute atomic E-state index is 0.817. The number of hydrazone groups is 1. The second-order valence-electron chi connectivity index (χ2n) is 3.06. The monoisotopic (exact) mass is 183 g/mol. The molecule has 0 saturated carbocycles. The summed E-state index contributed by atoms with van der Waals surface area (Å²) in [6.07, 6.45) is 6.45. The topological polar surface area (TPSA) is 41.6 Å². The minimum atomic E-state index is 0.817. The molecular formula is C10H21N3. The number of nitrogens with zero attached hydrogens (tertiary/aromatic N) is 2. The highest BCUT2D eigenvalue weighted by molar-refractivity contribution is 5.22. The predicted octanol–water partition coefficient (Wildman–Crippen LogP) is 2.30. The van der Waals surface area contributed by atoms with Gasteiger partial charge in [0, 0.05) is 25.2 Å². The summed E-state index contributed by atoms with van der Waals surface area (Å²) in [5.74, 6) is 0. The second-order valence-corrected chi connectivity index (χ2v) is 3.06. The van der Waals surface area contributed by atoms with Gasteiger partial charge < -0.3 is 5.73 Å². The van der Waals surface area contributed by atoms with Crippen LogP contribution in [0.4, 0.5) is 0 Å². The molecule has 3 nitrogen and oxygen atoms in total. The van der Waals surface area contributed by atoms with E-state index in [1.807, 2.05) is 13.1 Å². The molecular weight excluding hydrogens is 162 g/mol. The summed E-state index contributed by atoms with van der Waals surface area (Å²) < 4.78 is 0. The van der Waals surface area contributed by atoms with Gasteiger partial charge in [-0.25, -0.2) is 0 Å². The molecule has 0 aromatic heterocycles. The summed E-state index contributed by atoms with van der Waals surface area (Å²) in [4.78, 5) is 0. The zero-order valence-electron chi connectivity index (χ0n) is 8.79. The largest absolute Gasteiger partial charge is 0.401 e. The fourth-order valence-electron chi connectivity index (χ4n) is 1.07. The smallest absolute Gasteiger partial charge is 0.0419 e. The quantitative estimate of drug-likeness (QED) is 0.374. The third-order valence-corrected chi connectivity index (χ3v) is 1.89. The molecule has 0 spiro atoms. The van der Waals surface area contributed by atoms with Gasteiger partial charge in [0.05, 0.1) is 0 Å². The Morgan fingerprint density at radius 2 is 2.15 bits per heavy atom. The van der Waals surface area contributed by atoms with Crippen molar-refractivity contribution in [3.8, 4) is 0 Å². The SMILES string of the molecule is C=NN(/C=C(\N)CCCCC)CC. The first-order chi connectivity index (χ1) is 6.24. The van der Waals surface area contributed by atoms with Crippen LogP contribution in [-0.2, 0) is 0 Å². The first-order valence-corrected chi connectivity index (χ1v) is 4.94. The van der Waals surface area contributed by atoms with Gasteiger partial charge in [-0.3, -0.25) is 5.01 Å². The Morgan fingerprint density at radius 1 is 1.46 bits per heavy atom. The molecule has 0 heterocycles. The first kappa shape index (κ1) is 12.0. The Kier molecular flexibility index (Phi) is 7.07. The molecule has 0 atom stereocenters. The van der Waals surface area contributed by atoms with Gasteiger partial charge in [-0.2, -0.15) is 5.10 Å². The standard InChI is InChI=1S/C10H21N3/c1-4-6-7-8-10(11)9-13(5-2)12-3/h9H,3-8,11H2,1-2H3/b10-9-. The molecule has 0 aliphatic carbocycles. The van der Waals surface area contributed by atoms with Crippen molar-refractivity contribution in [1.29, 1.82) is 0 Å². The van der Waals surface area contributed by atoms with Gasteiger partial charge in [-0.15, -0.1) is 0 Å². The Hall–Kier alpha value is -0.990. The fraction of sp³-hybridized carbons (Fsp3) is 0.700. The van der Waals surface area contributed by atoms with E-state index < -0.39 is 0 Å². The van der Waals surface area contributed by atoms with Gasteiger partial charge in [-0.05, 0) is 19.8 Å². The zero-order valence-corrected chi connectivity index (χ0v) is 8.79. The molecule has 0 amide bonds. The van der Waals surface area contributed by atoms with Crippen LogP contribution in [-0.4, -0.2) is 18.3 Å². The van der Waals surface area contributed by atoms with E-state index in [0.29, 0.717) is 0 Å². The molecule has 0 unspecified atom stereocenters. The average molecular weight is 183 g/mol. The number of hydrogen-bond donors (Lipinski definition) is 1. The summed E-state index contributed by atoms with van der Waals surface area (Å²) in [6, 6.07) is 0. The Bertz CT molecular complexity index is 164. The summed E-state index contributed by atoms with van der Waals surface area (Å²) in [5, 5.41) is 5.55. The molecule has 0 radical (unpaired) electrons. The van der Waals surface area contributed by atoms with E-state index >= 15 is 0 Å². The summed E-state index contributed by atoms with van der Waals surface area (Å²) in [6.45, 7) is 8.48. The Balaban J connectivity index is 3.77. The average Bonchev–Trinajstić information content (AvgIpc) is 2.14. The van der Waals surface area contributed by atoms with Crippen LogP contribution in [0.25, 0.3) is 0 Å². The van der Waals surface area contributed by atoms with E-state index in [1.165, 1.54) is 12.8 Å². The van der Waals surface area contributed by atoms with Crippen LogP contribution in [0.15, 0.2) is 17.0 Å². The zero-order chi connectivity index (χ0) is 10.1. The van der Waals surface area contributed by atoms with Crippen LogP contribution < -0.4 is 5.73 Å². The molecule has 0 aliphatic rings. The molecule has 2 N–H and O–H groups in total.